The number of carbonyl (C=O) groups excluding carboxylic acids is 2. The predicted molar refractivity (Wildman–Crippen MR) is 132 cm³/mol. The molecule has 0 aliphatic heterocycles. The third-order valence-corrected chi connectivity index (χ3v) is 5.52. The van der Waals surface area contributed by atoms with Gasteiger partial charge in [-0.25, -0.2) is 19.6 Å². The zero-order valence-electron chi connectivity index (χ0n) is 19.3. The number of hydrogen-bond acceptors (Lipinski definition) is 7. The minimum Gasteiger partial charge on any atom is -0.480 e. The number of aromatic nitrogens is 1. The van der Waals surface area contributed by atoms with Gasteiger partial charge in [-0.1, -0.05) is 48.0 Å². The Bertz CT molecular complexity index is 1240. The number of hydrogen-bond donors (Lipinski definition) is 4. The molecule has 2 aromatic carbocycles. The Morgan fingerprint density at radius 3 is 2.64 bits per heavy atom. The number of amides is 2. The van der Waals surface area contributed by atoms with E-state index in [2.05, 4.69) is 21.0 Å². The number of hydrazine groups is 1. The van der Waals surface area contributed by atoms with Gasteiger partial charge in [0.05, 0.1) is 17.6 Å². The van der Waals surface area contributed by atoms with Gasteiger partial charge in [-0.05, 0) is 23.1 Å². The van der Waals surface area contributed by atoms with E-state index in [1.54, 1.807) is 18.3 Å². The van der Waals surface area contributed by atoms with E-state index in [0.29, 0.717) is 5.56 Å². The standard InChI is InChI=1S/C24H25ClFN5O5/c1-15(32)31(29-11-18-7-4-8-20(26)23(18)25)19(12-27-13-22(33)34)14-36-24(35)30-21-9-16-5-2-3-6-17(16)10-28-21/h2-10,19,27,29H,11-14H2,1H3,(H,33,34)(H,28,30,35)/t19-/m0/s1. The molecule has 0 fully saturated rings. The van der Waals surface area contributed by atoms with Gasteiger partial charge in [-0.15, -0.1) is 0 Å². The van der Waals surface area contributed by atoms with Crippen LogP contribution in [0.15, 0.2) is 54.7 Å². The summed E-state index contributed by atoms with van der Waals surface area (Å²) in [6.45, 7) is 0.611. The lowest BCUT2D eigenvalue weighted by Gasteiger charge is -2.31. The Labute approximate surface area is 211 Å². The van der Waals surface area contributed by atoms with Crippen molar-refractivity contribution in [1.82, 2.24) is 20.7 Å². The van der Waals surface area contributed by atoms with Crippen LogP contribution in [0.3, 0.4) is 0 Å². The second kappa shape index (κ2) is 12.8. The highest BCUT2D eigenvalue weighted by Gasteiger charge is 2.24. The van der Waals surface area contributed by atoms with E-state index >= 15 is 0 Å². The molecule has 2 amide bonds. The lowest BCUT2D eigenvalue weighted by Crippen LogP contribution is -2.54. The highest BCUT2D eigenvalue weighted by Crippen LogP contribution is 2.20. The number of pyridine rings is 1. The van der Waals surface area contributed by atoms with Gasteiger partial charge in [0.25, 0.3) is 0 Å². The molecule has 12 heteroatoms. The van der Waals surface area contributed by atoms with Crippen LogP contribution in [0, 0.1) is 5.82 Å². The van der Waals surface area contributed by atoms with Crippen molar-refractivity contribution in [3.05, 3.63) is 71.1 Å². The molecule has 190 valence electrons. The monoisotopic (exact) mass is 517 g/mol. The van der Waals surface area contributed by atoms with E-state index in [4.69, 9.17) is 21.4 Å². The molecule has 0 aliphatic carbocycles. The zero-order valence-corrected chi connectivity index (χ0v) is 20.1. The first-order valence-corrected chi connectivity index (χ1v) is 11.3. The molecular formula is C24H25ClFN5O5. The maximum Gasteiger partial charge on any atom is 0.412 e. The molecule has 1 atom stereocenters. The number of ether oxygens (including phenoxy) is 1. The fourth-order valence-corrected chi connectivity index (χ4v) is 3.58. The van der Waals surface area contributed by atoms with Crippen LogP contribution in [0.4, 0.5) is 15.0 Å². The van der Waals surface area contributed by atoms with Crippen LogP contribution in [-0.4, -0.2) is 58.8 Å². The zero-order chi connectivity index (χ0) is 26.1. The van der Waals surface area contributed by atoms with Crippen LogP contribution in [-0.2, 0) is 20.9 Å². The molecule has 0 aliphatic rings. The fourth-order valence-electron chi connectivity index (χ4n) is 3.39. The summed E-state index contributed by atoms with van der Waals surface area (Å²) >= 11 is 5.99. The van der Waals surface area contributed by atoms with Crippen molar-refractivity contribution in [2.24, 2.45) is 0 Å². The first kappa shape index (κ1) is 26.8. The third-order valence-electron chi connectivity index (χ3n) is 5.10. The maximum absolute atomic E-state index is 13.8. The van der Waals surface area contributed by atoms with Gasteiger partial charge in [0.15, 0.2) is 0 Å². The molecule has 0 saturated heterocycles. The Kier molecular flexibility index (Phi) is 9.51. The quantitative estimate of drug-likeness (QED) is 0.285. The van der Waals surface area contributed by atoms with Crippen LogP contribution in [0.5, 0.6) is 0 Å². The van der Waals surface area contributed by atoms with E-state index in [-0.39, 0.29) is 37.1 Å². The molecule has 1 heterocycles. The summed E-state index contributed by atoms with van der Waals surface area (Å²) in [7, 11) is 0. The van der Waals surface area contributed by atoms with Crippen molar-refractivity contribution in [2.75, 3.05) is 25.0 Å². The minimum atomic E-state index is -1.09. The number of carboxylic acids is 1. The molecular weight excluding hydrogens is 493 g/mol. The summed E-state index contributed by atoms with van der Waals surface area (Å²) in [5.74, 6) is -1.86. The number of carboxylic acid groups (broad SMARTS) is 1. The normalized spacial score (nSPS) is 11.6. The smallest absolute Gasteiger partial charge is 0.412 e. The number of anilines is 1. The van der Waals surface area contributed by atoms with Crippen LogP contribution in [0.1, 0.15) is 12.5 Å². The highest BCUT2D eigenvalue weighted by molar-refractivity contribution is 6.31. The average Bonchev–Trinajstić information content (AvgIpc) is 2.84. The SMILES string of the molecule is CC(=O)N(NCc1cccc(F)c1Cl)[C@@H](CNCC(=O)O)COC(=O)Nc1cc2ccccc2cn1. The van der Waals surface area contributed by atoms with E-state index in [0.717, 1.165) is 10.8 Å². The number of nitrogens with zero attached hydrogens (tertiary/aromatic N) is 2. The lowest BCUT2D eigenvalue weighted by molar-refractivity contribution is -0.136. The molecule has 0 spiro atoms. The topological polar surface area (TPSA) is 133 Å². The second-order valence-corrected chi connectivity index (χ2v) is 8.13. The summed E-state index contributed by atoms with van der Waals surface area (Å²) in [5.41, 5.74) is 3.26. The molecule has 3 rings (SSSR count). The van der Waals surface area contributed by atoms with Crippen LogP contribution < -0.4 is 16.1 Å². The van der Waals surface area contributed by atoms with Gasteiger partial charge in [0.2, 0.25) is 5.91 Å². The molecule has 0 bridgehead atoms. The fraction of sp³-hybridized carbons (Fsp3) is 0.250. The van der Waals surface area contributed by atoms with Crippen molar-refractivity contribution < 1.29 is 28.6 Å². The molecule has 0 radical (unpaired) electrons. The Hall–Kier alpha value is -3.80. The van der Waals surface area contributed by atoms with Gasteiger partial charge in [-0.2, -0.15) is 0 Å². The third kappa shape index (κ3) is 7.60. The molecule has 36 heavy (non-hydrogen) atoms. The Morgan fingerprint density at radius 2 is 1.92 bits per heavy atom. The maximum atomic E-state index is 13.8. The van der Waals surface area contributed by atoms with Gasteiger partial charge in [0, 0.05) is 31.6 Å². The first-order chi connectivity index (χ1) is 17.2. The number of rotatable bonds is 11. The van der Waals surface area contributed by atoms with Crippen molar-refractivity contribution in [1.29, 1.82) is 0 Å². The minimum absolute atomic E-state index is 0.00118. The molecule has 3 aromatic rings. The molecule has 0 unspecified atom stereocenters. The lowest BCUT2D eigenvalue weighted by atomic mass is 10.2. The van der Waals surface area contributed by atoms with Gasteiger partial charge in [0.1, 0.15) is 18.2 Å². The molecule has 1 aromatic heterocycles. The molecule has 0 saturated carbocycles. The summed E-state index contributed by atoms with van der Waals surface area (Å²) in [6, 6.07) is 12.7. The Balaban J connectivity index is 1.66. The Morgan fingerprint density at radius 1 is 1.17 bits per heavy atom. The largest absolute Gasteiger partial charge is 0.480 e. The summed E-state index contributed by atoms with van der Waals surface area (Å²) in [6.07, 6.45) is 0.806. The first-order valence-electron chi connectivity index (χ1n) is 10.9. The second-order valence-electron chi connectivity index (χ2n) is 7.76. The van der Waals surface area contributed by atoms with Crippen LogP contribution >= 0.6 is 11.6 Å². The number of aliphatic carboxylic acids is 1. The van der Waals surface area contributed by atoms with Gasteiger partial charge < -0.3 is 15.2 Å². The van der Waals surface area contributed by atoms with Crippen molar-refractivity contribution in [2.45, 2.75) is 19.5 Å². The number of nitrogens with one attached hydrogen (secondary N) is 3. The van der Waals surface area contributed by atoms with E-state index in [1.807, 2.05) is 24.3 Å². The number of carbonyl (C=O) groups is 3. The molecule has 10 nitrogen and oxygen atoms in total. The number of halogens is 2. The van der Waals surface area contributed by atoms with E-state index < -0.39 is 29.8 Å². The van der Waals surface area contributed by atoms with Gasteiger partial charge >= 0.3 is 12.1 Å². The molecule has 4 N–H and O–H groups in total. The van der Waals surface area contributed by atoms with Crippen molar-refractivity contribution in [3.8, 4) is 0 Å². The summed E-state index contributed by atoms with van der Waals surface area (Å²) in [5, 5.41) is 17.0. The summed E-state index contributed by atoms with van der Waals surface area (Å²) < 4.78 is 19.1. The predicted octanol–water partition coefficient (Wildman–Crippen LogP) is 3.17. The van der Waals surface area contributed by atoms with Crippen molar-refractivity contribution >= 4 is 46.2 Å². The van der Waals surface area contributed by atoms with Crippen molar-refractivity contribution in [3.63, 3.8) is 0 Å². The van der Waals surface area contributed by atoms with Gasteiger partial charge in [-0.3, -0.25) is 19.9 Å². The average molecular weight is 518 g/mol. The summed E-state index contributed by atoms with van der Waals surface area (Å²) in [4.78, 5) is 39.9. The number of fused-ring (bicyclic) bond motifs is 1. The van der Waals surface area contributed by atoms with E-state index in [9.17, 15) is 18.8 Å². The van der Waals surface area contributed by atoms with E-state index in [1.165, 1.54) is 24.1 Å². The highest BCUT2D eigenvalue weighted by atomic mass is 35.5. The number of benzene rings is 2. The van der Waals surface area contributed by atoms with Crippen LogP contribution in [0.2, 0.25) is 5.02 Å². The van der Waals surface area contributed by atoms with Crippen LogP contribution in [0.25, 0.3) is 10.8 Å².